The summed E-state index contributed by atoms with van der Waals surface area (Å²) in [5.74, 6) is 0. The van der Waals surface area contributed by atoms with Gasteiger partial charge >= 0.3 is 0 Å². The van der Waals surface area contributed by atoms with Crippen molar-refractivity contribution in [1.82, 2.24) is 0 Å². The number of rotatable bonds is 2. The Bertz CT molecular complexity index is 471. The number of fused-ring (bicyclic) bond motifs is 1. The van der Waals surface area contributed by atoms with Gasteiger partial charge in [0.05, 0.1) is 16.7 Å². The number of hydrogen-bond acceptors (Lipinski definition) is 4. The molecule has 1 atom stereocenters. The molecule has 2 rings (SSSR count). The van der Waals surface area contributed by atoms with Gasteiger partial charge in [0.25, 0.3) is 5.69 Å². The highest BCUT2D eigenvalue weighted by atomic mass is 16.6. The average molecular weight is 236 g/mol. The van der Waals surface area contributed by atoms with Gasteiger partial charge in [-0.15, -0.1) is 0 Å². The minimum atomic E-state index is -0.444. The zero-order chi connectivity index (χ0) is 12.8. The predicted octanol–water partition coefficient (Wildman–Crippen LogP) is 2.86. The third-order valence-electron chi connectivity index (χ3n) is 3.65. The van der Waals surface area contributed by atoms with E-state index in [2.05, 4.69) is 0 Å². The second-order valence-corrected chi connectivity index (χ2v) is 4.95. The van der Waals surface area contributed by atoms with Crippen LogP contribution in [0.25, 0.3) is 0 Å². The molecule has 0 spiro atoms. The van der Waals surface area contributed by atoms with E-state index in [0.29, 0.717) is 5.69 Å². The molecule has 0 radical (unpaired) electrons. The average Bonchev–Trinajstić information content (AvgIpc) is 2.46. The topological polar surface area (TPSA) is 66.6 Å². The maximum absolute atomic E-state index is 10.7. The Balaban J connectivity index is 2.56. The number of nitrogens with zero attached hydrogens (tertiary/aromatic N) is 2. The maximum atomic E-state index is 10.7. The molecule has 0 saturated carbocycles. The monoisotopic (exact) mass is 236 g/mol. The Morgan fingerprint density at radius 3 is 2.71 bits per heavy atom. The Labute approximate surface area is 99.8 Å². The molecule has 1 heterocycles. The molecule has 0 aromatic heterocycles. The Kier molecular flexibility index (Phi) is 2.58. The van der Waals surface area contributed by atoms with Gasteiger partial charge in [0.15, 0.2) is 0 Å². The van der Waals surface area contributed by atoms with Crippen LogP contribution in [0, 0.1) is 10.1 Å². The molecule has 1 unspecified atom stereocenters. The van der Waals surface area contributed by atoms with Crippen LogP contribution >= 0.6 is 0 Å². The van der Waals surface area contributed by atoms with Crippen LogP contribution in [0.2, 0.25) is 0 Å². The first-order chi connectivity index (χ1) is 7.89. The third-order valence-corrected chi connectivity index (χ3v) is 3.65. The molecule has 0 amide bonds. The van der Waals surface area contributed by atoms with Gasteiger partial charge in [0.2, 0.25) is 0 Å². The van der Waals surface area contributed by atoms with Gasteiger partial charge in [-0.1, -0.05) is 20.8 Å². The summed E-state index contributed by atoms with van der Waals surface area (Å²) in [6.07, 6.45) is 0.784. The Morgan fingerprint density at radius 2 is 2.18 bits per heavy atom. The van der Waals surface area contributed by atoms with Crippen molar-refractivity contribution in [2.24, 2.45) is 0 Å². The Morgan fingerprint density at radius 1 is 1.53 bits per heavy atom. The standard InChI is InChI=1S/C12H16N2O3/c1-4-11-12(2,3)9-6-5-8(14(16)17)7-10(9)13(11)15/h5-7,11,15H,4H2,1-3H3. The van der Waals surface area contributed by atoms with Crippen molar-refractivity contribution in [3.63, 3.8) is 0 Å². The maximum Gasteiger partial charge on any atom is 0.271 e. The zero-order valence-electron chi connectivity index (χ0n) is 10.2. The largest absolute Gasteiger partial charge is 0.288 e. The minimum Gasteiger partial charge on any atom is -0.288 e. The van der Waals surface area contributed by atoms with Crippen LogP contribution in [0.4, 0.5) is 11.4 Å². The summed E-state index contributed by atoms with van der Waals surface area (Å²) in [5, 5.41) is 22.0. The second-order valence-electron chi connectivity index (χ2n) is 4.95. The van der Waals surface area contributed by atoms with Crippen LogP contribution in [-0.4, -0.2) is 16.2 Å². The van der Waals surface area contributed by atoms with Crippen LogP contribution in [-0.2, 0) is 5.41 Å². The minimum absolute atomic E-state index is 0.00959. The van der Waals surface area contributed by atoms with Crippen molar-refractivity contribution in [3.05, 3.63) is 33.9 Å². The van der Waals surface area contributed by atoms with E-state index < -0.39 is 4.92 Å². The van der Waals surface area contributed by atoms with Gasteiger partial charge in [-0.25, -0.2) is 0 Å². The lowest BCUT2D eigenvalue weighted by Crippen LogP contribution is -2.38. The highest BCUT2D eigenvalue weighted by Gasteiger charge is 2.43. The molecule has 92 valence electrons. The van der Waals surface area contributed by atoms with Gasteiger partial charge in [-0.05, 0) is 18.1 Å². The van der Waals surface area contributed by atoms with Crippen molar-refractivity contribution in [3.8, 4) is 0 Å². The fourth-order valence-corrected chi connectivity index (χ4v) is 2.70. The quantitative estimate of drug-likeness (QED) is 0.633. The van der Waals surface area contributed by atoms with Crippen molar-refractivity contribution >= 4 is 11.4 Å². The van der Waals surface area contributed by atoms with Crippen LogP contribution in [0.1, 0.15) is 32.8 Å². The lowest BCUT2D eigenvalue weighted by molar-refractivity contribution is -0.384. The molecule has 1 aliphatic heterocycles. The first-order valence-electron chi connectivity index (χ1n) is 5.66. The SMILES string of the molecule is CCC1N(O)c2cc([N+](=O)[O-])ccc2C1(C)C. The second kappa shape index (κ2) is 3.70. The summed E-state index contributed by atoms with van der Waals surface area (Å²) in [7, 11) is 0. The highest BCUT2D eigenvalue weighted by molar-refractivity contribution is 5.65. The van der Waals surface area contributed by atoms with Gasteiger partial charge in [-0.3, -0.25) is 20.4 Å². The van der Waals surface area contributed by atoms with Gasteiger partial charge < -0.3 is 0 Å². The van der Waals surface area contributed by atoms with E-state index in [4.69, 9.17) is 0 Å². The van der Waals surface area contributed by atoms with Gasteiger partial charge in [-0.2, -0.15) is 0 Å². The molecule has 1 aliphatic rings. The summed E-state index contributed by atoms with van der Waals surface area (Å²) >= 11 is 0. The molecule has 1 aromatic carbocycles. The van der Waals surface area contributed by atoms with E-state index in [1.807, 2.05) is 20.8 Å². The van der Waals surface area contributed by atoms with Crippen molar-refractivity contribution in [1.29, 1.82) is 0 Å². The Hall–Kier alpha value is -1.62. The summed E-state index contributed by atoms with van der Waals surface area (Å²) < 4.78 is 0. The molecule has 0 bridgehead atoms. The number of hydrogen-bond donors (Lipinski definition) is 1. The first-order valence-corrected chi connectivity index (χ1v) is 5.66. The number of nitro groups is 1. The van der Waals surface area contributed by atoms with Crippen molar-refractivity contribution < 1.29 is 10.1 Å². The summed E-state index contributed by atoms with van der Waals surface area (Å²) in [6, 6.07) is 4.63. The van der Waals surface area contributed by atoms with Gasteiger partial charge in [0.1, 0.15) is 0 Å². The van der Waals surface area contributed by atoms with Crippen molar-refractivity contribution in [2.75, 3.05) is 5.06 Å². The molecular weight excluding hydrogens is 220 g/mol. The third kappa shape index (κ3) is 1.58. The van der Waals surface area contributed by atoms with Crippen LogP contribution in [0.3, 0.4) is 0 Å². The molecule has 1 aromatic rings. The zero-order valence-corrected chi connectivity index (χ0v) is 10.2. The predicted molar refractivity (Wildman–Crippen MR) is 64.5 cm³/mol. The number of hydroxylamine groups is 1. The lowest BCUT2D eigenvalue weighted by Gasteiger charge is -2.29. The lowest BCUT2D eigenvalue weighted by atomic mass is 9.79. The van der Waals surface area contributed by atoms with E-state index in [9.17, 15) is 15.3 Å². The summed E-state index contributed by atoms with van der Waals surface area (Å²) in [4.78, 5) is 10.3. The first kappa shape index (κ1) is 11.9. The van der Waals surface area contributed by atoms with Crippen LogP contribution in [0.5, 0.6) is 0 Å². The molecule has 0 saturated heterocycles. The van der Waals surface area contributed by atoms with E-state index in [1.165, 1.54) is 17.2 Å². The number of non-ortho nitro benzene ring substituents is 1. The highest BCUT2D eigenvalue weighted by Crippen LogP contribution is 2.46. The van der Waals surface area contributed by atoms with Crippen LogP contribution in [0.15, 0.2) is 18.2 Å². The number of anilines is 1. The molecule has 0 aliphatic carbocycles. The molecule has 5 nitrogen and oxygen atoms in total. The smallest absolute Gasteiger partial charge is 0.271 e. The number of nitro benzene ring substituents is 1. The van der Waals surface area contributed by atoms with E-state index in [-0.39, 0.29) is 17.1 Å². The number of benzene rings is 1. The summed E-state index contributed by atoms with van der Waals surface area (Å²) in [6.45, 7) is 6.08. The van der Waals surface area contributed by atoms with Gasteiger partial charge in [0, 0.05) is 17.5 Å². The molecular formula is C12H16N2O3. The molecule has 17 heavy (non-hydrogen) atoms. The fourth-order valence-electron chi connectivity index (χ4n) is 2.70. The molecule has 0 fully saturated rings. The van der Waals surface area contributed by atoms with E-state index >= 15 is 0 Å². The van der Waals surface area contributed by atoms with E-state index in [1.54, 1.807) is 6.07 Å². The normalized spacial score (nSPS) is 21.4. The fraction of sp³-hybridized carbons (Fsp3) is 0.500. The summed E-state index contributed by atoms with van der Waals surface area (Å²) in [5.41, 5.74) is 1.32. The van der Waals surface area contributed by atoms with Crippen molar-refractivity contribution in [2.45, 2.75) is 38.6 Å². The van der Waals surface area contributed by atoms with E-state index in [0.717, 1.165) is 12.0 Å². The molecule has 1 N–H and O–H groups in total. The van der Waals surface area contributed by atoms with Crippen LogP contribution < -0.4 is 5.06 Å². The molecule has 5 heteroatoms.